The molecular weight excluding hydrogens is 208 g/mol. The fourth-order valence-electron chi connectivity index (χ4n) is 1.32. The fraction of sp³-hybridized carbons (Fsp3) is 0.417. The molecule has 0 saturated carbocycles. The van der Waals surface area contributed by atoms with Crippen molar-refractivity contribution in [2.75, 3.05) is 13.2 Å². The molecule has 1 aliphatic rings. The van der Waals surface area contributed by atoms with Gasteiger partial charge in [0.25, 0.3) is 0 Å². The van der Waals surface area contributed by atoms with Gasteiger partial charge in [0.05, 0.1) is 25.4 Å². The van der Waals surface area contributed by atoms with Crippen LogP contribution >= 0.6 is 0 Å². The van der Waals surface area contributed by atoms with Crippen LogP contribution < -0.4 is 0 Å². The van der Waals surface area contributed by atoms with Crippen LogP contribution in [-0.4, -0.2) is 29.4 Å². The molecule has 0 aromatic rings. The number of rotatable bonds is 4. The number of ether oxygens (including phenoxy) is 1. The van der Waals surface area contributed by atoms with Crippen LogP contribution in [0.2, 0.25) is 0 Å². The quantitative estimate of drug-likeness (QED) is 0.550. The highest BCUT2D eigenvalue weighted by Crippen LogP contribution is 2.16. The minimum absolute atomic E-state index is 0.0173. The number of hydrogen-bond donors (Lipinski definition) is 2. The van der Waals surface area contributed by atoms with E-state index in [0.29, 0.717) is 12.0 Å². The Morgan fingerprint density at radius 3 is 2.94 bits per heavy atom. The number of aliphatic hydroxyl groups is 2. The van der Waals surface area contributed by atoms with Gasteiger partial charge in [-0.15, -0.1) is 0 Å². The van der Waals surface area contributed by atoms with Crippen molar-refractivity contribution in [1.29, 1.82) is 0 Å². The zero-order valence-electron chi connectivity index (χ0n) is 9.22. The SMILES string of the molecule is CC(=CCC1C=C(CO)C=COC1=O)CO. The smallest absolute Gasteiger partial charge is 0.317 e. The second kappa shape index (κ2) is 6.25. The van der Waals surface area contributed by atoms with Gasteiger partial charge in [0.2, 0.25) is 0 Å². The van der Waals surface area contributed by atoms with Crippen LogP contribution in [0.25, 0.3) is 0 Å². The second-order valence-corrected chi connectivity index (χ2v) is 3.69. The molecule has 1 aliphatic heterocycles. The normalized spacial score (nSPS) is 21.4. The Morgan fingerprint density at radius 1 is 1.56 bits per heavy atom. The third-order valence-electron chi connectivity index (χ3n) is 2.34. The van der Waals surface area contributed by atoms with Gasteiger partial charge >= 0.3 is 5.97 Å². The van der Waals surface area contributed by atoms with E-state index in [4.69, 9.17) is 14.9 Å². The zero-order valence-corrected chi connectivity index (χ0v) is 9.22. The molecule has 0 bridgehead atoms. The molecule has 0 amide bonds. The van der Waals surface area contributed by atoms with Crippen molar-refractivity contribution in [1.82, 2.24) is 0 Å². The lowest BCUT2D eigenvalue weighted by molar-refractivity contribution is -0.140. The number of cyclic esters (lactones) is 1. The molecule has 1 heterocycles. The Bertz CT molecular complexity index is 339. The molecule has 0 aliphatic carbocycles. The molecule has 1 atom stereocenters. The Morgan fingerprint density at radius 2 is 2.31 bits per heavy atom. The van der Waals surface area contributed by atoms with Crippen molar-refractivity contribution >= 4 is 5.97 Å². The van der Waals surface area contributed by atoms with Gasteiger partial charge < -0.3 is 14.9 Å². The van der Waals surface area contributed by atoms with Crippen LogP contribution in [0, 0.1) is 5.92 Å². The molecule has 0 saturated heterocycles. The monoisotopic (exact) mass is 224 g/mol. The number of carbonyl (C=O) groups is 1. The van der Waals surface area contributed by atoms with Crippen molar-refractivity contribution < 1.29 is 19.7 Å². The van der Waals surface area contributed by atoms with Crippen molar-refractivity contribution in [3.05, 3.63) is 35.6 Å². The Balaban J connectivity index is 2.73. The zero-order chi connectivity index (χ0) is 12.0. The third-order valence-corrected chi connectivity index (χ3v) is 2.34. The van der Waals surface area contributed by atoms with Gasteiger partial charge in [0.15, 0.2) is 0 Å². The highest BCUT2D eigenvalue weighted by molar-refractivity contribution is 5.76. The van der Waals surface area contributed by atoms with Crippen LogP contribution in [0.15, 0.2) is 35.6 Å². The maximum absolute atomic E-state index is 11.5. The van der Waals surface area contributed by atoms with Gasteiger partial charge in [-0.05, 0) is 25.0 Å². The summed E-state index contributed by atoms with van der Waals surface area (Å²) < 4.78 is 4.84. The van der Waals surface area contributed by atoms with Crippen LogP contribution in [0.4, 0.5) is 0 Å². The number of hydrogen-bond acceptors (Lipinski definition) is 4. The highest BCUT2D eigenvalue weighted by atomic mass is 16.5. The summed E-state index contributed by atoms with van der Waals surface area (Å²) >= 11 is 0. The average molecular weight is 224 g/mol. The number of aliphatic hydroxyl groups excluding tert-OH is 2. The molecule has 2 N–H and O–H groups in total. The van der Waals surface area contributed by atoms with Crippen molar-refractivity contribution in [3.8, 4) is 0 Å². The lowest BCUT2D eigenvalue weighted by atomic mass is 10.0. The number of carbonyl (C=O) groups excluding carboxylic acids is 1. The van der Waals surface area contributed by atoms with Crippen LogP contribution in [-0.2, 0) is 9.53 Å². The fourth-order valence-corrected chi connectivity index (χ4v) is 1.32. The van der Waals surface area contributed by atoms with Gasteiger partial charge in [0.1, 0.15) is 0 Å². The molecule has 1 unspecified atom stereocenters. The molecule has 0 aromatic heterocycles. The first-order chi connectivity index (χ1) is 7.67. The first-order valence-electron chi connectivity index (χ1n) is 5.12. The topological polar surface area (TPSA) is 66.8 Å². The maximum Gasteiger partial charge on any atom is 0.317 e. The summed E-state index contributed by atoms with van der Waals surface area (Å²) in [5.41, 5.74) is 1.47. The number of allylic oxidation sites excluding steroid dienone is 1. The van der Waals surface area contributed by atoms with E-state index in [1.165, 1.54) is 6.26 Å². The van der Waals surface area contributed by atoms with E-state index in [9.17, 15) is 4.79 Å². The summed E-state index contributed by atoms with van der Waals surface area (Å²) in [6, 6.07) is 0. The molecule has 16 heavy (non-hydrogen) atoms. The Kier molecular flexibility index (Phi) is 4.95. The number of esters is 1. The molecule has 0 fully saturated rings. The van der Waals surface area contributed by atoms with Crippen molar-refractivity contribution in [3.63, 3.8) is 0 Å². The maximum atomic E-state index is 11.5. The summed E-state index contributed by atoms with van der Waals surface area (Å²) in [4.78, 5) is 11.5. The molecule has 0 aromatic carbocycles. The molecule has 88 valence electrons. The summed E-state index contributed by atoms with van der Waals surface area (Å²) in [6.07, 6.45) is 6.81. The predicted octanol–water partition coefficient (Wildman–Crippen LogP) is 0.921. The van der Waals surface area contributed by atoms with Crippen molar-refractivity contribution in [2.24, 2.45) is 5.92 Å². The molecule has 0 spiro atoms. The van der Waals surface area contributed by atoms with E-state index in [0.717, 1.165) is 5.57 Å². The molecule has 4 nitrogen and oxygen atoms in total. The molecule has 0 radical (unpaired) electrons. The van der Waals surface area contributed by atoms with E-state index in [2.05, 4.69) is 0 Å². The van der Waals surface area contributed by atoms with E-state index in [1.54, 1.807) is 25.2 Å². The van der Waals surface area contributed by atoms with Gasteiger partial charge in [-0.1, -0.05) is 17.7 Å². The minimum Gasteiger partial charge on any atom is -0.434 e. The van der Waals surface area contributed by atoms with Crippen molar-refractivity contribution in [2.45, 2.75) is 13.3 Å². The van der Waals surface area contributed by atoms with Crippen LogP contribution in [0.5, 0.6) is 0 Å². The summed E-state index contributed by atoms with van der Waals surface area (Å²) in [7, 11) is 0. The van der Waals surface area contributed by atoms with Gasteiger partial charge in [-0.2, -0.15) is 0 Å². The van der Waals surface area contributed by atoms with E-state index in [1.807, 2.05) is 0 Å². The van der Waals surface area contributed by atoms with E-state index in [-0.39, 0.29) is 19.2 Å². The largest absolute Gasteiger partial charge is 0.434 e. The summed E-state index contributed by atoms with van der Waals surface area (Å²) in [5, 5.41) is 17.8. The van der Waals surface area contributed by atoms with Gasteiger partial charge in [-0.3, -0.25) is 4.79 Å². The standard InChI is InChI=1S/C12H16O4/c1-9(7-13)2-3-11-6-10(8-14)4-5-16-12(11)15/h2,4-6,11,13-14H,3,7-8H2,1H3. The van der Waals surface area contributed by atoms with Crippen LogP contribution in [0.3, 0.4) is 0 Å². The van der Waals surface area contributed by atoms with Gasteiger partial charge in [-0.25, -0.2) is 0 Å². The minimum atomic E-state index is -0.404. The van der Waals surface area contributed by atoms with E-state index >= 15 is 0 Å². The lowest BCUT2D eigenvalue weighted by Gasteiger charge is -2.07. The predicted molar refractivity (Wildman–Crippen MR) is 59.4 cm³/mol. The first-order valence-corrected chi connectivity index (χ1v) is 5.12. The first kappa shape index (κ1) is 12.7. The summed E-state index contributed by atoms with van der Waals surface area (Å²) in [5.74, 6) is -0.750. The molecule has 1 rings (SSSR count). The van der Waals surface area contributed by atoms with Crippen LogP contribution in [0.1, 0.15) is 13.3 Å². The summed E-state index contributed by atoms with van der Waals surface area (Å²) in [6.45, 7) is 1.65. The molecule has 4 heteroatoms. The van der Waals surface area contributed by atoms with Gasteiger partial charge in [0, 0.05) is 0 Å². The third kappa shape index (κ3) is 3.64. The Hall–Kier alpha value is -1.39. The lowest BCUT2D eigenvalue weighted by Crippen LogP contribution is -2.12. The Labute approximate surface area is 94.5 Å². The highest BCUT2D eigenvalue weighted by Gasteiger charge is 2.18. The van der Waals surface area contributed by atoms with E-state index < -0.39 is 5.92 Å². The molecular formula is C12H16O4. The average Bonchev–Trinajstić information content (AvgIpc) is 2.48. The second-order valence-electron chi connectivity index (χ2n) is 3.69.